The molecule has 2 nitrogen and oxygen atoms in total. The molecule has 0 aromatic heterocycles. The lowest BCUT2D eigenvalue weighted by Gasteiger charge is -2.27. The Hall–Kier alpha value is -1.16. The maximum atomic E-state index is 13.4. The average Bonchev–Trinajstić information content (AvgIpc) is 2.28. The number of anilines is 1. The van der Waals surface area contributed by atoms with Gasteiger partial charge in [0.15, 0.2) is 11.6 Å². The summed E-state index contributed by atoms with van der Waals surface area (Å²) in [4.78, 5) is 0. The molecule has 88 valence electrons. The summed E-state index contributed by atoms with van der Waals surface area (Å²) in [6.45, 7) is 0. The molecule has 2 rings (SSSR count). The van der Waals surface area contributed by atoms with E-state index in [-0.39, 0.29) is 17.8 Å². The number of hydrogen-bond donors (Lipinski definition) is 2. The van der Waals surface area contributed by atoms with E-state index in [0.717, 1.165) is 31.7 Å². The zero-order valence-electron chi connectivity index (χ0n) is 9.05. The fourth-order valence-corrected chi connectivity index (χ4v) is 2.10. The SMILES string of the molecule is NC1CCC(Nc2cccc(F)c2F)CC1. The summed E-state index contributed by atoms with van der Waals surface area (Å²) in [5.41, 5.74) is 6.03. The minimum atomic E-state index is -0.808. The highest BCUT2D eigenvalue weighted by Gasteiger charge is 2.19. The Balaban J connectivity index is 2.01. The fraction of sp³-hybridized carbons (Fsp3) is 0.500. The van der Waals surface area contributed by atoms with Gasteiger partial charge in [0.1, 0.15) is 0 Å². The molecule has 4 heteroatoms. The van der Waals surface area contributed by atoms with Gasteiger partial charge in [-0.3, -0.25) is 0 Å². The Bertz CT molecular complexity index is 360. The zero-order chi connectivity index (χ0) is 11.5. The molecule has 1 aromatic carbocycles. The third-order valence-corrected chi connectivity index (χ3v) is 3.08. The van der Waals surface area contributed by atoms with E-state index in [1.54, 1.807) is 6.07 Å². The number of rotatable bonds is 2. The van der Waals surface area contributed by atoms with Crippen LogP contribution in [0.3, 0.4) is 0 Å². The quantitative estimate of drug-likeness (QED) is 0.813. The number of hydrogen-bond acceptors (Lipinski definition) is 2. The van der Waals surface area contributed by atoms with Gasteiger partial charge in [0.2, 0.25) is 0 Å². The Morgan fingerprint density at radius 3 is 2.50 bits per heavy atom. The third-order valence-electron chi connectivity index (χ3n) is 3.08. The van der Waals surface area contributed by atoms with Crippen molar-refractivity contribution in [3.63, 3.8) is 0 Å². The maximum absolute atomic E-state index is 13.4. The van der Waals surface area contributed by atoms with E-state index in [1.807, 2.05) is 0 Å². The molecule has 1 aliphatic carbocycles. The highest BCUT2D eigenvalue weighted by molar-refractivity contribution is 5.45. The van der Waals surface area contributed by atoms with E-state index in [0.29, 0.717) is 0 Å². The summed E-state index contributed by atoms with van der Waals surface area (Å²) < 4.78 is 26.3. The lowest BCUT2D eigenvalue weighted by molar-refractivity contribution is 0.409. The monoisotopic (exact) mass is 226 g/mol. The molecule has 0 saturated heterocycles. The summed E-state index contributed by atoms with van der Waals surface area (Å²) in [5.74, 6) is -1.60. The van der Waals surface area contributed by atoms with Crippen molar-refractivity contribution in [3.8, 4) is 0 Å². The van der Waals surface area contributed by atoms with Crippen LogP contribution >= 0.6 is 0 Å². The topological polar surface area (TPSA) is 38.0 Å². The van der Waals surface area contributed by atoms with Gasteiger partial charge in [0.05, 0.1) is 5.69 Å². The second-order valence-corrected chi connectivity index (χ2v) is 4.36. The Kier molecular flexibility index (Phi) is 3.39. The molecule has 0 aliphatic heterocycles. The van der Waals surface area contributed by atoms with Crippen molar-refractivity contribution in [1.29, 1.82) is 0 Å². The lowest BCUT2D eigenvalue weighted by Crippen LogP contribution is -2.33. The fourth-order valence-electron chi connectivity index (χ4n) is 2.10. The van der Waals surface area contributed by atoms with Crippen molar-refractivity contribution >= 4 is 5.69 Å². The normalized spacial score (nSPS) is 25.4. The van der Waals surface area contributed by atoms with Crippen LogP contribution in [-0.4, -0.2) is 12.1 Å². The van der Waals surface area contributed by atoms with Crippen LogP contribution in [0.2, 0.25) is 0 Å². The van der Waals surface area contributed by atoms with Crippen LogP contribution in [0.15, 0.2) is 18.2 Å². The van der Waals surface area contributed by atoms with Gasteiger partial charge in [0, 0.05) is 12.1 Å². The van der Waals surface area contributed by atoms with Gasteiger partial charge >= 0.3 is 0 Å². The summed E-state index contributed by atoms with van der Waals surface area (Å²) in [6, 6.07) is 4.66. The molecule has 0 amide bonds. The van der Waals surface area contributed by atoms with Crippen molar-refractivity contribution in [2.45, 2.75) is 37.8 Å². The summed E-state index contributed by atoms with van der Waals surface area (Å²) in [5, 5.41) is 3.04. The van der Waals surface area contributed by atoms with Gasteiger partial charge in [0.25, 0.3) is 0 Å². The van der Waals surface area contributed by atoms with Crippen molar-refractivity contribution in [2.75, 3.05) is 5.32 Å². The molecule has 0 atom stereocenters. The standard InChI is InChI=1S/C12H16F2N2/c13-10-2-1-3-11(12(10)14)16-9-6-4-8(15)5-7-9/h1-3,8-9,16H,4-7,15H2. The first-order valence-corrected chi connectivity index (χ1v) is 5.63. The van der Waals surface area contributed by atoms with Crippen molar-refractivity contribution < 1.29 is 8.78 Å². The highest BCUT2D eigenvalue weighted by Crippen LogP contribution is 2.23. The number of nitrogens with one attached hydrogen (secondary N) is 1. The molecule has 3 N–H and O–H groups in total. The van der Waals surface area contributed by atoms with Crippen molar-refractivity contribution in [3.05, 3.63) is 29.8 Å². The predicted octanol–water partition coefficient (Wildman–Crippen LogP) is 2.65. The van der Waals surface area contributed by atoms with Crippen LogP contribution < -0.4 is 11.1 Å². The Morgan fingerprint density at radius 1 is 1.12 bits per heavy atom. The zero-order valence-corrected chi connectivity index (χ0v) is 9.05. The largest absolute Gasteiger partial charge is 0.380 e. The molecule has 1 saturated carbocycles. The Morgan fingerprint density at radius 2 is 1.81 bits per heavy atom. The van der Waals surface area contributed by atoms with Crippen LogP contribution in [0.1, 0.15) is 25.7 Å². The van der Waals surface area contributed by atoms with Crippen molar-refractivity contribution in [2.24, 2.45) is 5.73 Å². The third kappa shape index (κ3) is 2.50. The van der Waals surface area contributed by atoms with Crippen LogP contribution in [0.5, 0.6) is 0 Å². The summed E-state index contributed by atoms with van der Waals surface area (Å²) in [7, 11) is 0. The van der Waals surface area contributed by atoms with Crippen LogP contribution in [0.4, 0.5) is 14.5 Å². The molecular formula is C12H16F2N2. The van der Waals surface area contributed by atoms with Gasteiger partial charge in [-0.2, -0.15) is 0 Å². The Labute approximate surface area is 93.8 Å². The van der Waals surface area contributed by atoms with Gasteiger partial charge < -0.3 is 11.1 Å². The van der Waals surface area contributed by atoms with Gasteiger partial charge in [-0.25, -0.2) is 8.78 Å². The first kappa shape index (κ1) is 11.3. The van der Waals surface area contributed by atoms with E-state index >= 15 is 0 Å². The van der Waals surface area contributed by atoms with E-state index in [2.05, 4.69) is 5.32 Å². The summed E-state index contributed by atoms with van der Waals surface area (Å²) >= 11 is 0. The van der Waals surface area contributed by atoms with Gasteiger partial charge in [-0.1, -0.05) is 6.07 Å². The van der Waals surface area contributed by atoms with Gasteiger partial charge in [-0.05, 0) is 37.8 Å². The van der Waals surface area contributed by atoms with E-state index in [1.165, 1.54) is 6.07 Å². The molecular weight excluding hydrogens is 210 g/mol. The second kappa shape index (κ2) is 4.78. The first-order valence-electron chi connectivity index (χ1n) is 5.63. The van der Waals surface area contributed by atoms with Crippen LogP contribution in [-0.2, 0) is 0 Å². The smallest absolute Gasteiger partial charge is 0.181 e. The predicted molar refractivity (Wildman–Crippen MR) is 60.2 cm³/mol. The van der Waals surface area contributed by atoms with Gasteiger partial charge in [-0.15, -0.1) is 0 Å². The maximum Gasteiger partial charge on any atom is 0.181 e. The van der Waals surface area contributed by atoms with Crippen LogP contribution in [0.25, 0.3) is 0 Å². The average molecular weight is 226 g/mol. The minimum absolute atomic E-state index is 0.205. The minimum Gasteiger partial charge on any atom is -0.380 e. The molecule has 0 bridgehead atoms. The molecule has 0 heterocycles. The van der Waals surface area contributed by atoms with Crippen molar-refractivity contribution in [1.82, 2.24) is 0 Å². The van der Waals surface area contributed by atoms with E-state index < -0.39 is 11.6 Å². The second-order valence-electron chi connectivity index (χ2n) is 4.36. The molecule has 0 radical (unpaired) electrons. The highest BCUT2D eigenvalue weighted by atomic mass is 19.2. The first-order chi connectivity index (χ1) is 7.66. The molecule has 1 aliphatic rings. The molecule has 0 spiro atoms. The summed E-state index contributed by atoms with van der Waals surface area (Å²) in [6.07, 6.45) is 3.71. The van der Waals surface area contributed by atoms with E-state index in [4.69, 9.17) is 5.73 Å². The molecule has 16 heavy (non-hydrogen) atoms. The van der Waals surface area contributed by atoms with Crippen LogP contribution in [0, 0.1) is 11.6 Å². The van der Waals surface area contributed by atoms with E-state index in [9.17, 15) is 8.78 Å². The number of halogens is 2. The number of nitrogens with two attached hydrogens (primary N) is 1. The number of benzene rings is 1. The molecule has 1 aromatic rings. The molecule has 1 fully saturated rings. The molecule has 0 unspecified atom stereocenters. The lowest BCUT2D eigenvalue weighted by atomic mass is 9.91.